The topological polar surface area (TPSA) is 16.1 Å². The van der Waals surface area contributed by atoms with Gasteiger partial charge in [0.2, 0.25) is 0 Å². The molecule has 100 valence electrons. The van der Waals surface area contributed by atoms with Crippen LogP contribution < -0.4 is 0 Å². The summed E-state index contributed by atoms with van der Waals surface area (Å²) >= 11 is 0. The van der Waals surface area contributed by atoms with Gasteiger partial charge in [-0.1, -0.05) is 26.8 Å². The van der Waals surface area contributed by atoms with Crippen LogP contribution in [-0.2, 0) is 6.54 Å². The van der Waals surface area contributed by atoms with Crippen molar-refractivity contribution >= 4 is 0 Å². The molecule has 0 amide bonds. The Morgan fingerprint density at radius 3 is 2.89 bits per heavy atom. The van der Waals surface area contributed by atoms with Crippen molar-refractivity contribution in [2.24, 2.45) is 11.3 Å². The van der Waals surface area contributed by atoms with Crippen LogP contribution in [0.15, 0.2) is 24.5 Å². The molecule has 1 fully saturated rings. The first-order chi connectivity index (χ1) is 8.53. The highest BCUT2D eigenvalue weighted by Crippen LogP contribution is 2.30. The predicted molar refractivity (Wildman–Crippen MR) is 76.3 cm³/mol. The Kier molecular flexibility index (Phi) is 4.39. The molecule has 1 aliphatic heterocycles. The molecule has 1 aliphatic rings. The number of hydrogen-bond donors (Lipinski definition) is 0. The molecule has 2 nitrogen and oxygen atoms in total. The number of piperidine rings is 1. The van der Waals surface area contributed by atoms with Crippen molar-refractivity contribution in [2.45, 2.75) is 46.6 Å². The summed E-state index contributed by atoms with van der Waals surface area (Å²) in [4.78, 5) is 6.80. The quantitative estimate of drug-likeness (QED) is 0.808. The second kappa shape index (κ2) is 5.83. The molecule has 0 aliphatic carbocycles. The minimum absolute atomic E-state index is 0.460. The van der Waals surface area contributed by atoms with E-state index in [2.05, 4.69) is 36.7 Å². The fraction of sp³-hybridized carbons (Fsp3) is 0.688. The van der Waals surface area contributed by atoms with Crippen LogP contribution in [0.2, 0.25) is 0 Å². The van der Waals surface area contributed by atoms with E-state index in [-0.39, 0.29) is 0 Å². The summed E-state index contributed by atoms with van der Waals surface area (Å²) in [5.41, 5.74) is 1.80. The van der Waals surface area contributed by atoms with Gasteiger partial charge in [-0.05, 0) is 48.8 Å². The van der Waals surface area contributed by atoms with Gasteiger partial charge in [0.05, 0.1) is 0 Å². The molecule has 1 atom stereocenters. The molecule has 1 aromatic heterocycles. The van der Waals surface area contributed by atoms with Crippen LogP contribution in [0.4, 0.5) is 0 Å². The van der Waals surface area contributed by atoms with Crippen molar-refractivity contribution in [3.8, 4) is 0 Å². The zero-order valence-corrected chi connectivity index (χ0v) is 12.0. The van der Waals surface area contributed by atoms with Crippen molar-refractivity contribution < 1.29 is 0 Å². The maximum atomic E-state index is 4.20. The highest BCUT2D eigenvalue weighted by Gasteiger charge is 2.24. The normalized spacial score (nSPS) is 22.1. The van der Waals surface area contributed by atoms with Crippen LogP contribution >= 0.6 is 0 Å². The molecule has 2 rings (SSSR count). The minimum Gasteiger partial charge on any atom is -0.299 e. The van der Waals surface area contributed by atoms with Gasteiger partial charge in [-0.25, -0.2) is 0 Å². The third-order valence-corrected chi connectivity index (χ3v) is 3.63. The molecule has 2 heteroatoms. The van der Waals surface area contributed by atoms with E-state index in [0.29, 0.717) is 5.41 Å². The lowest BCUT2D eigenvalue weighted by molar-refractivity contribution is 0.135. The molecule has 0 aromatic carbocycles. The van der Waals surface area contributed by atoms with Crippen molar-refractivity contribution in [1.29, 1.82) is 0 Å². The lowest BCUT2D eigenvalue weighted by Crippen LogP contribution is -2.36. The lowest BCUT2D eigenvalue weighted by atomic mass is 9.81. The molecule has 1 aromatic rings. The van der Waals surface area contributed by atoms with E-state index in [1.807, 2.05) is 18.5 Å². The average Bonchev–Trinajstić information content (AvgIpc) is 2.28. The van der Waals surface area contributed by atoms with E-state index in [0.717, 1.165) is 12.5 Å². The molecule has 18 heavy (non-hydrogen) atoms. The Morgan fingerprint density at radius 1 is 1.39 bits per heavy atom. The standard InChI is InChI=1S/C16H26N2/c1-16(2,3)10-14-7-5-9-18(12-14)13-15-6-4-8-17-11-15/h4,6,8,11,14H,5,7,9-10,12-13H2,1-3H3. The van der Waals surface area contributed by atoms with Gasteiger partial charge in [0, 0.05) is 25.5 Å². The number of likely N-dealkylation sites (tertiary alicyclic amines) is 1. The smallest absolute Gasteiger partial charge is 0.0312 e. The van der Waals surface area contributed by atoms with Crippen LogP contribution in [0.5, 0.6) is 0 Å². The summed E-state index contributed by atoms with van der Waals surface area (Å²) in [6.45, 7) is 10.6. The van der Waals surface area contributed by atoms with Crippen LogP contribution in [-0.4, -0.2) is 23.0 Å². The second-order valence-corrected chi connectivity index (χ2v) is 6.87. The van der Waals surface area contributed by atoms with Gasteiger partial charge in [0.1, 0.15) is 0 Å². The van der Waals surface area contributed by atoms with Crippen molar-refractivity contribution in [2.75, 3.05) is 13.1 Å². The van der Waals surface area contributed by atoms with Gasteiger partial charge < -0.3 is 0 Å². The summed E-state index contributed by atoms with van der Waals surface area (Å²) in [5, 5.41) is 0. The van der Waals surface area contributed by atoms with Gasteiger partial charge in [0.15, 0.2) is 0 Å². The summed E-state index contributed by atoms with van der Waals surface area (Å²) < 4.78 is 0. The van der Waals surface area contributed by atoms with Crippen LogP contribution in [0, 0.1) is 11.3 Å². The second-order valence-electron chi connectivity index (χ2n) is 6.87. The maximum Gasteiger partial charge on any atom is 0.0312 e. The first-order valence-corrected chi connectivity index (χ1v) is 7.14. The lowest BCUT2D eigenvalue weighted by Gasteiger charge is -2.35. The minimum atomic E-state index is 0.460. The Morgan fingerprint density at radius 2 is 2.22 bits per heavy atom. The number of hydrogen-bond acceptors (Lipinski definition) is 2. The average molecular weight is 246 g/mol. The molecule has 0 bridgehead atoms. The zero-order chi connectivity index (χ0) is 13.0. The first kappa shape index (κ1) is 13.5. The van der Waals surface area contributed by atoms with E-state index < -0.39 is 0 Å². The number of nitrogens with zero attached hydrogens (tertiary/aromatic N) is 2. The van der Waals surface area contributed by atoms with Gasteiger partial charge in [-0.3, -0.25) is 9.88 Å². The highest BCUT2D eigenvalue weighted by molar-refractivity contribution is 5.08. The van der Waals surface area contributed by atoms with Gasteiger partial charge >= 0.3 is 0 Å². The van der Waals surface area contributed by atoms with E-state index in [1.165, 1.54) is 37.9 Å². The third kappa shape index (κ3) is 4.41. The molecule has 0 spiro atoms. The number of rotatable bonds is 3. The fourth-order valence-electron chi connectivity index (χ4n) is 3.08. The molecular formula is C16H26N2. The predicted octanol–water partition coefficient (Wildman–Crippen LogP) is 3.73. The SMILES string of the molecule is CC(C)(C)CC1CCCN(Cc2cccnc2)C1. The molecule has 0 radical (unpaired) electrons. The van der Waals surface area contributed by atoms with Crippen LogP contribution in [0.25, 0.3) is 0 Å². The number of aromatic nitrogens is 1. The van der Waals surface area contributed by atoms with E-state index in [1.54, 1.807) is 0 Å². The van der Waals surface area contributed by atoms with Gasteiger partial charge in [0.25, 0.3) is 0 Å². The van der Waals surface area contributed by atoms with Crippen molar-refractivity contribution in [3.63, 3.8) is 0 Å². The number of pyridine rings is 1. The van der Waals surface area contributed by atoms with Gasteiger partial charge in [-0.15, -0.1) is 0 Å². The van der Waals surface area contributed by atoms with E-state index in [4.69, 9.17) is 0 Å². The zero-order valence-electron chi connectivity index (χ0n) is 12.0. The Labute approximate surface area is 111 Å². The third-order valence-electron chi connectivity index (χ3n) is 3.63. The molecule has 0 saturated carbocycles. The first-order valence-electron chi connectivity index (χ1n) is 7.14. The Hall–Kier alpha value is -0.890. The highest BCUT2D eigenvalue weighted by atomic mass is 15.1. The largest absolute Gasteiger partial charge is 0.299 e. The molecule has 1 unspecified atom stereocenters. The van der Waals surface area contributed by atoms with E-state index >= 15 is 0 Å². The molecule has 0 N–H and O–H groups in total. The Balaban J connectivity index is 1.87. The van der Waals surface area contributed by atoms with Crippen LogP contribution in [0.3, 0.4) is 0 Å². The summed E-state index contributed by atoms with van der Waals surface area (Å²) in [5.74, 6) is 0.871. The van der Waals surface area contributed by atoms with Crippen molar-refractivity contribution in [3.05, 3.63) is 30.1 Å². The summed E-state index contributed by atoms with van der Waals surface area (Å²) in [6, 6.07) is 4.21. The van der Waals surface area contributed by atoms with Gasteiger partial charge in [-0.2, -0.15) is 0 Å². The maximum absolute atomic E-state index is 4.20. The molecule has 2 heterocycles. The fourth-order valence-corrected chi connectivity index (χ4v) is 3.08. The van der Waals surface area contributed by atoms with E-state index in [9.17, 15) is 0 Å². The summed E-state index contributed by atoms with van der Waals surface area (Å²) in [7, 11) is 0. The molecular weight excluding hydrogens is 220 g/mol. The summed E-state index contributed by atoms with van der Waals surface area (Å²) in [6.07, 6.45) is 7.94. The molecule has 1 saturated heterocycles. The Bertz CT molecular complexity index is 353. The monoisotopic (exact) mass is 246 g/mol. The van der Waals surface area contributed by atoms with Crippen molar-refractivity contribution in [1.82, 2.24) is 9.88 Å². The van der Waals surface area contributed by atoms with Crippen LogP contribution in [0.1, 0.15) is 45.6 Å².